The molecule has 7 nitrogen and oxygen atoms in total. The molecular formula is C25H21FN2O5. The normalized spacial score (nSPS) is 10.9. The van der Waals surface area contributed by atoms with Crippen molar-refractivity contribution in [1.82, 2.24) is 0 Å². The second-order valence-corrected chi connectivity index (χ2v) is 7.50. The van der Waals surface area contributed by atoms with Crippen LogP contribution in [-0.2, 0) is 25.5 Å². The number of hydrogen-bond donors (Lipinski definition) is 1. The number of fused-ring (bicyclic) bond motifs is 3. The molecule has 1 heterocycles. The van der Waals surface area contributed by atoms with Gasteiger partial charge in [0.1, 0.15) is 11.4 Å². The fourth-order valence-electron chi connectivity index (χ4n) is 3.67. The van der Waals surface area contributed by atoms with Crippen molar-refractivity contribution in [3.8, 4) is 0 Å². The molecule has 0 aliphatic rings. The molecule has 0 fully saturated rings. The molecule has 0 saturated carbocycles. The number of carbonyl (C=O) groups excluding carboxylic acids is 3. The molecule has 0 bridgehead atoms. The molecular weight excluding hydrogens is 427 g/mol. The van der Waals surface area contributed by atoms with E-state index in [1.807, 2.05) is 36.4 Å². The van der Waals surface area contributed by atoms with Gasteiger partial charge in [0, 0.05) is 29.6 Å². The summed E-state index contributed by atoms with van der Waals surface area (Å²) < 4.78 is 24.0. The van der Waals surface area contributed by atoms with Crippen molar-refractivity contribution in [2.75, 3.05) is 18.1 Å². The number of nitrogens with two attached hydrogens (primary N) is 1. The molecule has 0 spiro atoms. The third-order valence-electron chi connectivity index (χ3n) is 5.25. The van der Waals surface area contributed by atoms with E-state index in [1.54, 1.807) is 0 Å². The van der Waals surface area contributed by atoms with Crippen LogP contribution in [-0.4, -0.2) is 30.9 Å². The number of esters is 1. The van der Waals surface area contributed by atoms with E-state index < -0.39 is 30.2 Å². The van der Waals surface area contributed by atoms with E-state index in [4.69, 9.17) is 14.9 Å². The predicted molar refractivity (Wildman–Crippen MR) is 121 cm³/mol. The standard InChI is InChI=1S/C25H21FN2O5/c26-18-6-8-19(9-7-18)28(12-11-22(27)29)23(30)15-33-24(31)13-17-14-32-21-10-5-16-3-1-2-4-20(16)25(17)21/h1-10,14H,11-13,15H2,(H2,27,29). The van der Waals surface area contributed by atoms with E-state index in [9.17, 15) is 18.8 Å². The van der Waals surface area contributed by atoms with Crippen molar-refractivity contribution in [3.05, 3.63) is 78.3 Å². The highest BCUT2D eigenvalue weighted by Crippen LogP contribution is 2.30. The summed E-state index contributed by atoms with van der Waals surface area (Å²) in [5.74, 6) is -2.22. The Kier molecular flexibility index (Phi) is 6.35. The number of anilines is 1. The quantitative estimate of drug-likeness (QED) is 0.414. The number of ether oxygens (including phenoxy) is 1. The number of hydrogen-bond acceptors (Lipinski definition) is 5. The third-order valence-corrected chi connectivity index (χ3v) is 5.25. The lowest BCUT2D eigenvalue weighted by Crippen LogP contribution is -2.37. The van der Waals surface area contributed by atoms with Crippen LogP contribution >= 0.6 is 0 Å². The molecule has 2 N–H and O–H groups in total. The topological polar surface area (TPSA) is 103 Å². The number of halogens is 1. The summed E-state index contributed by atoms with van der Waals surface area (Å²) in [6, 6.07) is 16.7. The maximum atomic E-state index is 13.3. The zero-order valence-electron chi connectivity index (χ0n) is 17.6. The minimum atomic E-state index is -0.604. The van der Waals surface area contributed by atoms with Crippen LogP contribution in [0.5, 0.6) is 0 Å². The largest absolute Gasteiger partial charge is 0.464 e. The lowest BCUT2D eigenvalue weighted by molar-refractivity contribution is -0.147. The van der Waals surface area contributed by atoms with Crippen LogP contribution in [0.2, 0.25) is 0 Å². The Hall–Kier alpha value is -4.20. The first-order chi connectivity index (χ1) is 15.9. The van der Waals surface area contributed by atoms with Crippen LogP contribution < -0.4 is 10.6 Å². The number of amides is 2. The second kappa shape index (κ2) is 9.52. The molecule has 4 rings (SSSR count). The molecule has 2 amide bonds. The van der Waals surface area contributed by atoms with Gasteiger partial charge in [0.05, 0.1) is 12.7 Å². The number of rotatable bonds is 8. The highest BCUT2D eigenvalue weighted by Gasteiger charge is 2.20. The zero-order valence-corrected chi connectivity index (χ0v) is 17.6. The van der Waals surface area contributed by atoms with Crippen LogP contribution in [0.1, 0.15) is 12.0 Å². The van der Waals surface area contributed by atoms with Gasteiger partial charge in [-0.15, -0.1) is 0 Å². The van der Waals surface area contributed by atoms with Gasteiger partial charge in [-0.25, -0.2) is 4.39 Å². The summed E-state index contributed by atoms with van der Waals surface area (Å²) in [6.45, 7) is -0.554. The van der Waals surface area contributed by atoms with Crippen molar-refractivity contribution in [3.63, 3.8) is 0 Å². The smallest absolute Gasteiger partial charge is 0.310 e. The van der Waals surface area contributed by atoms with Gasteiger partial charge in [-0.2, -0.15) is 0 Å². The summed E-state index contributed by atoms with van der Waals surface area (Å²) in [4.78, 5) is 37.6. The molecule has 0 aliphatic heterocycles. The fourth-order valence-corrected chi connectivity index (χ4v) is 3.67. The number of benzene rings is 3. The minimum Gasteiger partial charge on any atom is -0.464 e. The number of carbonyl (C=O) groups is 3. The maximum Gasteiger partial charge on any atom is 0.310 e. The first-order valence-electron chi connectivity index (χ1n) is 10.3. The van der Waals surface area contributed by atoms with Crippen molar-refractivity contribution in [2.24, 2.45) is 5.73 Å². The van der Waals surface area contributed by atoms with Crippen LogP contribution in [0, 0.1) is 5.82 Å². The Labute approximate surface area is 188 Å². The van der Waals surface area contributed by atoms with Crippen molar-refractivity contribution in [2.45, 2.75) is 12.8 Å². The summed E-state index contributed by atoms with van der Waals surface area (Å²) in [6.07, 6.45) is 1.34. The zero-order chi connectivity index (χ0) is 23.4. The number of furan rings is 1. The SMILES string of the molecule is NC(=O)CCN(C(=O)COC(=O)Cc1coc2ccc3ccccc3c12)c1ccc(F)cc1. The summed E-state index contributed by atoms with van der Waals surface area (Å²) >= 11 is 0. The van der Waals surface area contributed by atoms with Gasteiger partial charge in [0.25, 0.3) is 5.91 Å². The average Bonchev–Trinajstić information content (AvgIpc) is 3.22. The molecule has 4 aromatic rings. The summed E-state index contributed by atoms with van der Waals surface area (Å²) in [5.41, 5.74) is 6.87. The highest BCUT2D eigenvalue weighted by atomic mass is 19.1. The van der Waals surface area contributed by atoms with E-state index in [0.29, 0.717) is 16.8 Å². The summed E-state index contributed by atoms with van der Waals surface area (Å²) in [7, 11) is 0. The molecule has 3 aromatic carbocycles. The molecule has 0 unspecified atom stereocenters. The Balaban J connectivity index is 1.46. The van der Waals surface area contributed by atoms with Crippen molar-refractivity contribution < 1.29 is 27.9 Å². The van der Waals surface area contributed by atoms with Crippen LogP contribution in [0.15, 0.2) is 71.3 Å². The van der Waals surface area contributed by atoms with Gasteiger partial charge >= 0.3 is 5.97 Å². The van der Waals surface area contributed by atoms with Gasteiger partial charge in [0.15, 0.2) is 6.61 Å². The molecule has 168 valence electrons. The van der Waals surface area contributed by atoms with Gasteiger partial charge in [0.2, 0.25) is 5.91 Å². The van der Waals surface area contributed by atoms with Gasteiger partial charge in [-0.3, -0.25) is 14.4 Å². The number of primary amides is 1. The minimum absolute atomic E-state index is 0.0181. The van der Waals surface area contributed by atoms with E-state index in [1.165, 1.54) is 35.4 Å². The third kappa shape index (κ3) is 5.01. The van der Waals surface area contributed by atoms with Crippen molar-refractivity contribution >= 4 is 45.2 Å². The Bertz CT molecular complexity index is 1330. The van der Waals surface area contributed by atoms with Crippen molar-refractivity contribution in [1.29, 1.82) is 0 Å². The van der Waals surface area contributed by atoms with Crippen LogP contribution in [0.25, 0.3) is 21.7 Å². The number of nitrogens with zero attached hydrogens (tertiary/aromatic N) is 1. The Morgan fingerprint density at radius 1 is 1.00 bits per heavy atom. The first-order valence-corrected chi connectivity index (χ1v) is 10.3. The highest BCUT2D eigenvalue weighted by molar-refractivity contribution is 6.08. The molecule has 0 saturated heterocycles. The lowest BCUT2D eigenvalue weighted by atomic mass is 10.0. The summed E-state index contributed by atoms with van der Waals surface area (Å²) in [5, 5.41) is 2.79. The van der Waals surface area contributed by atoms with Crippen LogP contribution in [0.4, 0.5) is 10.1 Å². The van der Waals surface area contributed by atoms with E-state index in [2.05, 4.69) is 0 Å². The molecule has 8 heteroatoms. The predicted octanol–water partition coefficient (Wildman–Crippen LogP) is 3.72. The van der Waals surface area contributed by atoms with Gasteiger partial charge < -0.3 is 19.8 Å². The maximum absolute atomic E-state index is 13.3. The molecule has 0 atom stereocenters. The lowest BCUT2D eigenvalue weighted by Gasteiger charge is -2.22. The first kappa shape index (κ1) is 22.0. The van der Waals surface area contributed by atoms with Gasteiger partial charge in [-0.05, 0) is 41.1 Å². The Morgan fingerprint density at radius 3 is 2.52 bits per heavy atom. The Morgan fingerprint density at radius 2 is 1.76 bits per heavy atom. The molecule has 33 heavy (non-hydrogen) atoms. The van der Waals surface area contributed by atoms with Gasteiger partial charge in [-0.1, -0.05) is 30.3 Å². The van der Waals surface area contributed by atoms with E-state index in [-0.39, 0.29) is 19.4 Å². The molecule has 0 radical (unpaired) electrons. The fraction of sp³-hybridized carbons (Fsp3) is 0.160. The van der Waals surface area contributed by atoms with Crippen LogP contribution in [0.3, 0.4) is 0 Å². The molecule has 1 aromatic heterocycles. The van der Waals surface area contributed by atoms with E-state index in [0.717, 1.165) is 16.2 Å². The average molecular weight is 448 g/mol. The molecule has 0 aliphatic carbocycles. The monoisotopic (exact) mass is 448 g/mol. The second-order valence-electron chi connectivity index (χ2n) is 7.50. The van der Waals surface area contributed by atoms with E-state index >= 15 is 0 Å².